The first-order chi connectivity index (χ1) is 9.31. The molecule has 0 bridgehead atoms. The summed E-state index contributed by atoms with van der Waals surface area (Å²) < 4.78 is 5.21. The Morgan fingerprint density at radius 2 is 1.42 bits per heavy atom. The van der Waals surface area contributed by atoms with Crippen molar-refractivity contribution in [3.63, 3.8) is 0 Å². The van der Waals surface area contributed by atoms with Crippen LogP contribution in [0.3, 0.4) is 0 Å². The Morgan fingerprint density at radius 1 is 0.895 bits per heavy atom. The summed E-state index contributed by atoms with van der Waals surface area (Å²) in [5.74, 6) is 3.06. The lowest BCUT2D eigenvalue weighted by atomic mass is 9.89. The predicted molar refractivity (Wildman–Crippen MR) is 84.9 cm³/mol. The summed E-state index contributed by atoms with van der Waals surface area (Å²) in [5, 5.41) is 0. The van der Waals surface area contributed by atoms with Gasteiger partial charge in [-0.15, -0.1) is 23.2 Å². The van der Waals surface area contributed by atoms with E-state index in [1.165, 1.54) is 31.2 Å². The number of methoxy groups -OCH3 is 1. The lowest BCUT2D eigenvalue weighted by Gasteiger charge is -2.17. The van der Waals surface area contributed by atoms with E-state index in [-0.39, 0.29) is 0 Å². The Balaban J connectivity index is 2.58. The molecule has 0 heterocycles. The molecular formula is C16H24Cl2O. The topological polar surface area (TPSA) is 9.23 Å². The van der Waals surface area contributed by atoms with Gasteiger partial charge in [-0.05, 0) is 49.3 Å². The number of hydrogen-bond acceptors (Lipinski definition) is 1. The number of alkyl halides is 2. The van der Waals surface area contributed by atoms with E-state index in [4.69, 9.17) is 27.9 Å². The van der Waals surface area contributed by atoms with Gasteiger partial charge in [0.25, 0.3) is 0 Å². The van der Waals surface area contributed by atoms with Gasteiger partial charge < -0.3 is 4.74 Å². The van der Waals surface area contributed by atoms with E-state index in [9.17, 15) is 0 Å². The third-order valence-corrected chi connectivity index (χ3v) is 3.99. The Hall–Kier alpha value is -0.400. The van der Waals surface area contributed by atoms with E-state index in [1.807, 2.05) is 12.1 Å². The van der Waals surface area contributed by atoms with E-state index in [0.29, 0.717) is 5.92 Å². The third kappa shape index (κ3) is 6.54. The van der Waals surface area contributed by atoms with Gasteiger partial charge in [-0.25, -0.2) is 0 Å². The molecule has 0 amide bonds. The van der Waals surface area contributed by atoms with Crippen LogP contribution in [0.4, 0.5) is 0 Å². The van der Waals surface area contributed by atoms with Gasteiger partial charge in [-0.2, -0.15) is 0 Å². The fourth-order valence-electron chi connectivity index (χ4n) is 2.32. The third-order valence-electron chi connectivity index (χ3n) is 3.46. The molecule has 1 nitrogen and oxygen atoms in total. The molecule has 0 unspecified atom stereocenters. The van der Waals surface area contributed by atoms with Crippen LogP contribution in [-0.4, -0.2) is 18.9 Å². The number of halogens is 2. The second-order valence-corrected chi connectivity index (χ2v) is 5.60. The lowest BCUT2D eigenvalue weighted by molar-refractivity contribution is 0.414. The van der Waals surface area contributed by atoms with E-state index in [0.717, 1.165) is 30.4 Å². The van der Waals surface area contributed by atoms with E-state index >= 15 is 0 Å². The lowest BCUT2D eigenvalue weighted by Crippen LogP contribution is -2.00. The minimum absolute atomic E-state index is 0.623. The predicted octanol–water partition coefficient (Wildman–Crippen LogP) is 5.60. The number of ether oxygens (including phenoxy) is 1. The zero-order valence-electron chi connectivity index (χ0n) is 11.7. The average molecular weight is 303 g/mol. The van der Waals surface area contributed by atoms with Crippen molar-refractivity contribution in [2.24, 2.45) is 0 Å². The minimum atomic E-state index is 0.623. The first kappa shape index (κ1) is 16.7. The molecule has 1 aromatic carbocycles. The number of unbranched alkanes of at least 4 members (excludes halogenated alkanes) is 2. The zero-order chi connectivity index (χ0) is 13.9. The van der Waals surface area contributed by atoms with Crippen LogP contribution in [0.15, 0.2) is 24.3 Å². The van der Waals surface area contributed by atoms with Crippen LogP contribution in [0.1, 0.15) is 50.0 Å². The maximum atomic E-state index is 5.76. The highest BCUT2D eigenvalue weighted by Gasteiger charge is 2.11. The minimum Gasteiger partial charge on any atom is -0.497 e. The highest BCUT2D eigenvalue weighted by molar-refractivity contribution is 6.18. The van der Waals surface area contributed by atoms with Gasteiger partial charge >= 0.3 is 0 Å². The molecule has 0 saturated heterocycles. The Bertz CT molecular complexity index is 314. The molecule has 0 radical (unpaired) electrons. The summed E-state index contributed by atoms with van der Waals surface area (Å²) >= 11 is 11.5. The number of hydrogen-bond donors (Lipinski definition) is 0. The standard InChI is InChI=1S/C16H24Cl2O/c1-19-16-10-8-15(9-11-16)14(6-2-4-12-17)7-3-5-13-18/h8-11,14H,2-7,12-13H2,1H3. The van der Waals surface area contributed by atoms with E-state index in [1.54, 1.807) is 7.11 Å². The summed E-state index contributed by atoms with van der Waals surface area (Å²) in [6.45, 7) is 0. The van der Waals surface area contributed by atoms with Gasteiger partial charge in [0.15, 0.2) is 0 Å². The number of rotatable bonds is 10. The monoisotopic (exact) mass is 302 g/mol. The van der Waals surface area contributed by atoms with E-state index in [2.05, 4.69) is 12.1 Å². The molecule has 0 fully saturated rings. The SMILES string of the molecule is COc1ccc(C(CCCCCl)CCCCCl)cc1. The summed E-state index contributed by atoms with van der Waals surface area (Å²) in [5.41, 5.74) is 1.41. The maximum absolute atomic E-state index is 5.76. The van der Waals surface area contributed by atoms with Crippen molar-refractivity contribution in [1.29, 1.82) is 0 Å². The van der Waals surface area contributed by atoms with Crippen LogP contribution < -0.4 is 4.74 Å². The van der Waals surface area contributed by atoms with Gasteiger partial charge in [0.05, 0.1) is 7.11 Å². The summed E-state index contributed by atoms with van der Waals surface area (Å²) in [7, 11) is 1.70. The van der Waals surface area contributed by atoms with Crippen LogP contribution in [-0.2, 0) is 0 Å². The smallest absolute Gasteiger partial charge is 0.118 e. The van der Waals surface area contributed by atoms with Crippen LogP contribution in [0.25, 0.3) is 0 Å². The largest absolute Gasteiger partial charge is 0.497 e. The Morgan fingerprint density at radius 3 is 1.84 bits per heavy atom. The molecule has 19 heavy (non-hydrogen) atoms. The molecular weight excluding hydrogens is 279 g/mol. The van der Waals surface area contributed by atoms with Crippen molar-refractivity contribution in [3.8, 4) is 5.75 Å². The molecule has 0 aromatic heterocycles. The average Bonchev–Trinajstić information content (AvgIpc) is 2.46. The summed E-state index contributed by atoms with van der Waals surface area (Å²) in [4.78, 5) is 0. The first-order valence-corrected chi connectivity index (χ1v) is 8.14. The first-order valence-electron chi connectivity index (χ1n) is 7.07. The highest BCUT2D eigenvalue weighted by atomic mass is 35.5. The molecule has 0 atom stereocenters. The fourth-order valence-corrected chi connectivity index (χ4v) is 2.70. The summed E-state index contributed by atoms with van der Waals surface area (Å²) in [6, 6.07) is 8.46. The fraction of sp³-hybridized carbons (Fsp3) is 0.625. The molecule has 0 spiro atoms. The molecule has 0 N–H and O–H groups in total. The van der Waals surface area contributed by atoms with Crippen LogP contribution in [0.2, 0.25) is 0 Å². The molecule has 0 aliphatic carbocycles. The Kier molecular flexibility index (Phi) is 9.11. The van der Waals surface area contributed by atoms with Crippen molar-refractivity contribution in [2.45, 2.75) is 44.4 Å². The maximum Gasteiger partial charge on any atom is 0.118 e. The van der Waals surface area contributed by atoms with Crippen molar-refractivity contribution in [2.75, 3.05) is 18.9 Å². The van der Waals surface area contributed by atoms with Crippen molar-refractivity contribution >= 4 is 23.2 Å². The highest BCUT2D eigenvalue weighted by Crippen LogP contribution is 2.29. The second kappa shape index (κ2) is 10.4. The van der Waals surface area contributed by atoms with Crippen LogP contribution in [0.5, 0.6) is 5.75 Å². The molecule has 1 aromatic rings. The molecule has 3 heteroatoms. The van der Waals surface area contributed by atoms with Gasteiger partial charge in [-0.1, -0.05) is 25.0 Å². The molecule has 0 saturated carbocycles. The van der Waals surface area contributed by atoms with Gasteiger partial charge in [0.2, 0.25) is 0 Å². The molecule has 0 aliphatic heterocycles. The van der Waals surface area contributed by atoms with Crippen LogP contribution in [0, 0.1) is 0 Å². The number of benzene rings is 1. The summed E-state index contributed by atoms with van der Waals surface area (Å²) in [6.07, 6.45) is 7.01. The quantitative estimate of drug-likeness (QED) is 0.404. The van der Waals surface area contributed by atoms with Gasteiger partial charge in [-0.3, -0.25) is 0 Å². The zero-order valence-corrected chi connectivity index (χ0v) is 13.2. The van der Waals surface area contributed by atoms with Crippen molar-refractivity contribution in [1.82, 2.24) is 0 Å². The van der Waals surface area contributed by atoms with Gasteiger partial charge in [0.1, 0.15) is 5.75 Å². The molecule has 108 valence electrons. The second-order valence-electron chi connectivity index (χ2n) is 4.84. The molecule has 1 rings (SSSR count). The van der Waals surface area contributed by atoms with Crippen molar-refractivity contribution < 1.29 is 4.74 Å². The van der Waals surface area contributed by atoms with E-state index < -0.39 is 0 Å². The van der Waals surface area contributed by atoms with Crippen molar-refractivity contribution in [3.05, 3.63) is 29.8 Å². The van der Waals surface area contributed by atoms with Crippen LogP contribution >= 0.6 is 23.2 Å². The van der Waals surface area contributed by atoms with Gasteiger partial charge in [0, 0.05) is 11.8 Å². The Labute approximate surface area is 127 Å². The normalized spacial score (nSPS) is 10.9. The molecule has 0 aliphatic rings.